The molecule has 0 aromatic heterocycles. The summed E-state index contributed by atoms with van der Waals surface area (Å²) in [7, 11) is 0. The molecule has 0 atom stereocenters. The van der Waals surface area contributed by atoms with Gasteiger partial charge in [0.15, 0.2) is 0 Å². The Morgan fingerprint density at radius 3 is 1.80 bits per heavy atom. The van der Waals surface area contributed by atoms with Crippen molar-refractivity contribution in [3.8, 4) is 0 Å². The lowest BCUT2D eigenvalue weighted by molar-refractivity contribution is -0.126. The minimum Gasteiger partial charge on any atom is -0.369 e. The summed E-state index contributed by atoms with van der Waals surface area (Å²) < 4.78 is 0. The number of rotatable bonds is 2. The van der Waals surface area contributed by atoms with Crippen molar-refractivity contribution < 1.29 is 4.79 Å². The first-order valence-corrected chi connectivity index (χ1v) is 8.42. The maximum absolute atomic E-state index is 12.2. The highest BCUT2D eigenvalue weighted by Crippen LogP contribution is 2.42. The van der Waals surface area contributed by atoms with E-state index >= 15 is 0 Å². The van der Waals surface area contributed by atoms with Crippen LogP contribution in [0.2, 0.25) is 0 Å². The van der Waals surface area contributed by atoms with E-state index in [9.17, 15) is 4.79 Å². The number of carbonyl (C=O) groups is 1. The smallest absolute Gasteiger partial charge is 0.227 e. The lowest BCUT2D eigenvalue weighted by Gasteiger charge is -2.33. The Hall–Kier alpha value is -1.05. The van der Waals surface area contributed by atoms with Gasteiger partial charge in [0.25, 0.3) is 0 Å². The molecule has 0 aromatic rings. The Bertz CT molecular complexity index is 369. The number of hydrogen-bond acceptors (Lipinski definition) is 1. The summed E-state index contributed by atoms with van der Waals surface area (Å²) >= 11 is 0. The number of nitrogens with two attached hydrogens (primary N) is 1. The molecule has 0 heterocycles. The van der Waals surface area contributed by atoms with Crippen molar-refractivity contribution in [1.29, 1.82) is 0 Å². The molecule has 1 amide bonds. The maximum Gasteiger partial charge on any atom is 0.227 e. The molecule has 0 bridgehead atoms. The average molecular weight is 275 g/mol. The lowest BCUT2D eigenvalue weighted by atomic mass is 9.70. The summed E-state index contributed by atoms with van der Waals surface area (Å²) in [5.41, 5.74) is 6.76. The van der Waals surface area contributed by atoms with Crippen LogP contribution in [0.5, 0.6) is 0 Å². The Balaban J connectivity index is 2.09. The Morgan fingerprint density at radius 2 is 1.40 bits per heavy atom. The predicted octanol–water partition coefficient (Wildman–Crippen LogP) is 4.65. The van der Waals surface area contributed by atoms with Gasteiger partial charge in [-0.25, -0.2) is 0 Å². The maximum atomic E-state index is 12.2. The van der Waals surface area contributed by atoms with Crippen LogP contribution in [0.25, 0.3) is 0 Å². The van der Waals surface area contributed by atoms with E-state index in [1.165, 1.54) is 50.5 Å². The second kappa shape index (κ2) is 7.66. The first kappa shape index (κ1) is 15.3. The van der Waals surface area contributed by atoms with Gasteiger partial charge in [-0.2, -0.15) is 0 Å². The van der Waals surface area contributed by atoms with E-state index in [1.807, 2.05) is 0 Å². The minimum absolute atomic E-state index is 0.0930. The zero-order valence-corrected chi connectivity index (χ0v) is 12.7. The van der Waals surface area contributed by atoms with Crippen molar-refractivity contribution in [3.05, 3.63) is 23.8 Å². The Morgan fingerprint density at radius 1 is 0.900 bits per heavy atom. The molecule has 2 N–H and O–H groups in total. The third-order valence-electron chi connectivity index (χ3n) is 5.06. The molecule has 2 nitrogen and oxygen atoms in total. The highest BCUT2D eigenvalue weighted by Gasteiger charge is 2.39. The monoisotopic (exact) mass is 275 g/mol. The van der Waals surface area contributed by atoms with Crippen molar-refractivity contribution >= 4 is 5.91 Å². The fraction of sp³-hybridized carbons (Fsp3) is 0.722. The van der Waals surface area contributed by atoms with E-state index in [-0.39, 0.29) is 11.3 Å². The second-order valence-electron chi connectivity index (χ2n) is 6.45. The van der Waals surface area contributed by atoms with Gasteiger partial charge in [-0.1, -0.05) is 81.6 Å². The molecule has 1 saturated carbocycles. The van der Waals surface area contributed by atoms with Gasteiger partial charge in [0.1, 0.15) is 0 Å². The van der Waals surface area contributed by atoms with Gasteiger partial charge in [-0.05, 0) is 19.3 Å². The third-order valence-corrected chi connectivity index (χ3v) is 5.06. The van der Waals surface area contributed by atoms with Gasteiger partial charge in [-0.15, -0.1) is 0 Å². The number of primary amides is 1. The summed E-state index contributed by atoms with van der Waals surface area (Å²) in [6.07, 6.45) is 20.7. The van der Waals surface area contributed by atoms with Gasteiger partial charge in [0.05, 0.1) is 5.41 Å². The second-order valence-corrected chi connectivity index (χ2v) is 6.45. The molecule has 112 valence electrons. The molecule has 2 rings (SSSR count). The van der Waals surface area contributed by atoms with Gasteiger partial charge in [-0.3, -0.25) is 4.79 Å². The summed E-state index contributed by atoms with van der Waals surface area (Å²) in [6, 6.07) is 0. The van der Waals surface area contributed by atoms with Gasteiger partial charge < -0.3 is 5.73 Å². The number of carbonyl (C=O) groups excluding carboxylic acids is 1. The predicted molar refractivity (Wildman–Crippen MR) is 84.3 cm³/mol. The zero-order chi connectivity index (χ0) is 14.3. The highest BCUT2D eigenvalue weighted by molar-refractivity contribution is 5.84. The van der Waals surface area contributed by atoms with Gasteiger partial charge in [0, 0.05) is 0 Å². The topological polar surface area (TPSA) is 43.1 Å². The molecule has 0 aliphatic heterocycles. The van der Waals surface area contributed by atoms with Crippen molar-refractivity contribution in [1.82, 2.24) is 0 Å². The van der Waals surface area contributed by atoms with Gasteiger partial charge >= 0.3 is 0 Å². The molecular formula is C18H29NO. The van der Waals surface area contributed by atoms with E-state index in [0.29, 0.717) is 0 Å². The van der Waals surface area contributed by atoms with Crippen LogP contribution in [-0.2, 0) is 4.79 Å². The third kappa shape index (κ3) is 3.74. The largest absolute Gasteiger partial charge is 0.369 e. The number of amides is 1. The first-order valence-electron chi connectivity index (χ1n) is 8.42. The van der Waals surface area contributed by atoms with E-state index in [0.717, 1.165) is 32.1 Å². The van der Waals surface area contributed by atoms with Crippen LogP contribution in [0.4, 0.5) is 0 Å². The number of hydrogen-bond donors (Lipinski definition) is 1. The Labute approximate surface area is 123 Å². The van der Waals surface area contributed by atoms with Crippen LogP contribution in [-0.4, -0.2) is 5.91 Å². The molecule has 0 aromatic carbocycles. The van der Waals surface area contributed by atoms with Crippen molar-refractivity contribution in [2.75, 3.05) is 0 Å². The fourth-order valence-corrected chi connectivity index (χ4v) is 3.74. The SMILES string of the molecule is NC(=O)C1(C2=CC=CC2)CCCCCCCCCCC1. The zero-order valence-electron chi connectivity index (χ0n) is 12.7. The molecule has 2 aliphatic rings. The van der Waals surface area contributed by atoms with Crippen LogP contribution in [0.1, 0.15) is 77.0 Å². The average Bonchev–Trinajstić information content (AvgIpc) is 2.93. The van der Waals surface area contributed by atoms with Crippen molar-refractivity contribution in [2.24, 2.45) is 11.1 Å². The molecule has 0 spiro atoms. The minimum atomic E-state index is -0.358. The summed E-state index contributed by atoms with van der Waals surface area (Å²) in [5.74, 6) is -0.0930. The van der Waals surface area contributed by atoms with Crippen molar-refractivity contribution in [2.45, 2.75) is 77.0 Å². The summed E-state index contributed by atoms with van der Waals surface area (Å²) in [6.45, 7) is 0. The van der Waals surface area contributed by atoms with Crippen molar-refractivity contribution in [3.63, 3.8) is 0 Å². The molecule has 2 aliphatic carbocycles. The van der Waals surface area contributed by atoms with Crippen LogP contribution >= 0.6 is 0 Å². The fourth-order valence-electron chi connectivity index (χ4n) is 3.74. The van der Waals surface area contributed by atoms with Gasteiger partial charge in [0.2, 0.25) is 5.91 Å². The van der Waals surface area contributed by atoms with Crippen LogP contribution in [0.15, 0.2) is 23.8 Å². The van der Waals surface area contributed by atoms with E-state index in [4.69, 9.17) is 5.73 Å². The molecule has 20 heavy (non-hydrogen) atoms. The highest BCUT2D eigenvalue weighted by atomic mass is 16.1. The van der Waals surface area contributed by atoms with Crippen LogP contribution in [0, 0.1) is 5.41 Å². The summed E-state index contributed by atoms with van der Waals surface area (Å²) in [4.78, 5) is 12.2. The molecule has 0 saturated heterocycles. The quantitative estimate of drug-likeness (QED) is 0.783. The van der Waals surface area contributed by atoms with E-state index in [1.54, 1.807) is 0 Å². The molecule has 1 fully saturated rings. The van der Waals surface area contributed by atoms with Crippen LogP contribution < -0.4 is 5.73 Å². The summed E-state index contributed by atoms with van der Waals surface area (Å²) in [5, 5.41) is 0. The lowest BCUT2D eigenvalue weighted by Crippen LogP contribution is -2.38. The molecule has 0 radical (unpaired) electrons. The molecule has 0 unspecified atom stereocenters. The number of allylic oxidation sites excluding steroid dienone is 3. The first-order chi connectivity index (χ1) is 9.76. The standard InChI is InChI=1S/C18H29NO/c19-17(20)18(16-12-8-9-13-16)14-10-6-4-2-1-3-5-7-11-15-18/h8-9,12H,1-7,10-11,13-15H2,(H2,19,20). The van der Waals surface area contributed by atoms with Crippen LogP contribution in [0.3, 0.4) is 0 Å². The normalized spacial score (nSPS) is 24.5. The Kier molecular flexibility index (Phi) is 5.87. The molecule has 2 heteroatoms. The molecular weight excluding hydrogens is 246 g/mol. The van der Waals surface area contributed by atoms with E-state index < -0.39 is 0 Å². The van der Waals surface area contributed by atoms with E-state index in [2.05, 4.69) is 18.2 Å².